The summed E-state index contributed by atoms with van der Waals surface area (Å²) in [5.74, 6) is 0. The van der Waals surface area contributed by atoms with Gasteiger partial charge in [0.25, 0.3) is 0 Å². The lowest BCUT2D eigenvalue weighted by molar-refractivity contribution is 0.259. The van der Waals surface area contributed by atoms with Crippen LogP contribution in [0.3, 0.4) is 0 Å². The van der Waals surface area contributed by atoms with Crippen LogP contribution >= 0.6 is 0 Å². The highest BCUT2D eigenvalue weighted by molar-refractivity contribution is 5.87. The Balaban J connectivity index is 2.43. The van der Waals surface area contributed by atoms with Gasteiger partial charge in [-0.25, -0.2) is 4.79 Å². The number of rotatable bonds is 7. The summed E-state index contributed by atoms with van der Waals surface area (Å²) in [6.07, 6.45) is 2.13. The number of unbranched alkanes of at least 4 members (excludes halogenated alkanes) is 1. The van der Waals surface area contributed by atoms with Crippen molar-refractivity contribution >= 4 is 11.7 Å². The van der Waals surface area contributed by atoms with E-state index in [1.165, 1.54) is 5.56 Å². The Morgan fingerprint density at radius 2 is 1.94 bits per heavy atom. The van der Waals surface area contributed by atoms with Gasteiger partial charge in [0, 0.05) is 11.7 Å². The van der Waals surface area contributed by atoms with Crippen LogP contribution in [0.1, 0.15) is 31.4 Å². The fourth-order valence-electron chi connectivity index (χ4n) is 1.70. The van der Waals surface area contributed by atoms with Crippen LogP contribution < -0.4 is 22.1 Å². The molecule has 0 aliphatic carbocycles. The molecule has 0 saturated heterocycles. The van der Waals surface area contributed by atoms with Gasteiger partial charge in [-0.15, -0.1) is 0 Å². The fourth-order valence-corrected chi connectivity index (χ4v) is 1.70. The maximum atomic E-state index is 10.7. The summed E-state index contributed by atoms with van der Waals surface area (Å²) >= 11 is 0. The average Bonchev–Trinajstić information content (AvgIpc) is 2.34. The highest BCUT2D eigenvalue weighted by atomic mass is 16.2. The minimum Gasteiger partial charge on any atom is -0.351 e. The van der Waals surface area contributed by atoms with Crippen molar-refractivity contribution in [3.63, 3.8) is 0 Å². The molecule has 1 unspecified atom stereocenters. The van der Waals surface area contributed by atoms with Crippen LogP contribution in [0.2, 0.25) is 0 Å². The molecule has 18 heavy (non-hydrogen) atoms. The van der Waals surface area contributed by atoms with Crippen molar-refractivity contribution in [3.8, 4) is 0 Å². The lowest BCUT2D eigenvalue weighted by Crippen LogP contribution is -2.21. The van der Waals surface area contributed by atoms with Crippen LogP contribution in [-0.2, 0) is 0 Å². The lowest BCUT2D eigenvalue weighted by atomic mass is 10.1. The third-order valence-corrected chi connectivity index (χ3v) is 2.76. The topological polar surface area (TPSA) is 93.2 Å². The lowest BCUT2D eigenvalue weighted by Gasteiger charge is -2.14. The van der Waals surface area contributed by atoms with Crippen LogP contribution in [0.25, 0.3) is 0 Å². The molecule has 1 aromatic rings. The Morgan fingerprint density at radius 3 is 2.50 bits per heavy atom. The van der Waals surface area contributed by atoms with Gasteiger partial charge in [-0.3, -0.25) is 0 Å². The number of carbonyl (C=O) groups is 1. The van der Waals surface area contributed by atoms with Gasteiger partial charge in [0.1, 0.15) is 0 Å². The first-order valence-corrected chi connectivity index (χ1v) is 6.23. The Morgan fingerprint density at radius 1 is 1.28 bits per heavy atom. The maximum absolute atomic E-state index is 10.7. The monoisotopic (exact) mass is 250 g/mol. The fraction of sp³-hybridized carbons (Fsp3) is 0.462. The largest absolute Gasteiger partial charge is 0.351 e. The second kappa shape index (κ2) is 7.68. The number of hydrogen-bond acceptors (Lipinski definition) is 3. The van der Waals surface area contributed by atoms with Crippen LogP contribution in [0.5, 0.6) is 0 Å². The Kier molecular flexibility index (Phi) is 6.18. The predicted molar refractivity (Wildman–Crippen MR) is 74.4 cm³/mol. The van der Waals surface area contributed by atoms with Crippen molar-refractivity contribution < 1.29 is 4.79 Å². The number of benzene rings is 1. The number of carbonyl (C=O) groups excluding carboxylic acids is 1. The molecule has 0 aliphatic rings. The second-order valence-corrected chi connectivity index (χ2v) is 4.28. The molecule has 0 saturated carbocycles. The minimum absolute atomic E-state index is 0.283. The van der Waals surface area contributed by atoms with E-state index in [0.29, 0.717) is 5.69 Å². The van der Waals surface area contributed by atoms with E-state index in [0.717, 1.165) is 25.9 Å². The molecule has 0 spiro atoms. The van der Waals surface area contributed by atoms with E-state index in [-0.39, 0.29) is 6.04 Å². The van der Waals surface area contributed by atoms with Crippen molar-refractivity contribution in [2.24, 2.45) is 11.5 Å². The first kappa shape index (κ1) is 14.5. The summed E-state index contributed by atoms with van der Waals surface area (Å²) in [6, 6.07) is 7.38. The van der Waals surface area contributed by atoms with E-state index < -0.39 is 6.03 Å². The van der Waals surface area contributed by atoms with Gasteiger partial charge in [-0.1, -0.05) is 12.1 Å². The molecule has 5 nitrogen and oxygen atoms in total. The molecule has 1 atom stereocenters. The van der Waals surface area contributed by atoms with Gasteiger partial charge >= 0.3 is 6.03 Å². The highest BCUT2D eigenvalue weighted by Gasteiger charge is 2.04. The first-order valence-electron chi connectivity index (χ1n) is 6.23. The summed E-state index contributed by atoms with van der Waals surface area (Å²) in [6.45, 7) is 3.81. The van der Waals surface area contributed by atoms with Gasteiger partial charge < -0.3 is 22.1 Å². The maximum Gasteiger partial charge on any atom is 0.316 e. The number of nitrogens with two attached hydrogens (primary N) is 2. The average molecular weight is 250 g/mol. The summed E-state index contributed by atoms with van der Waals surface area (Å²) < 4.78 is 0. The van der Waals surface area contributed by atoms with E-state index in [2.05, 4.69) is 17.6 Å². The number of nitrogens with one attached hydrogen (secondary N) is 2. The molecule has 1 aromatic carbocycles. The molecule has 0 fully saturated rings. The van der Waals surface area contributed by atoms with E-state index in [4.69, 9.17) is 11.5 Å². The number of primary amides is 1. The zero-order chi connectivity index (χ0) is 13.4. The zero-order valence-electron chi connectivity index (χ0n) is 10.8. The third-order valence-electron chi connectivity index (χ3n) is 2.76. The third kappa shape index (κ3) is 5.16. The van der Waals surface area contributed by atoms with Crippen molar-refractivity contribution in [3.05, 3.63) is 29.8 Å². The Hall–Kier alpha value is -1.59. The van der Waals surface area contributed by atoms with Crippen molar-refractivity contribution in [2.45, 2.75) is 25.8 Å². The van der Waals surface area contributed by atoms with Crippen LogP contribution in [-0.4, -0.2) is 19.1 Å². The molecule has 0 aliphatic heterocycles. The van der Waals surface area contributed by atoms with Crippen molar-refractivity contribution in [1.82, 2.24) is 5.32 Å². The summed E-state index contributed by atoms with van der Waals surface area (Å²) in [7, 11) is 0. The van der Waals surface area contributed by atoms with Gasteiger partial charge in [0.15, 0.2) is 0 Å². The van der Waals surface area contributed by atoms with E-state index in [1.807, 2.05) is 24.3 Å². The molecule has 1 rings (SSSR count). The summed E-state index contributed by atoms with van der Waals surface area (Å²) in [5, 5.41) is 5.96. The normalized spacial score (nSPS) is 12.1. The molecule has 0 radical (unpaired) electrons. The minimum atomic E-state index is -0.546. The van der Waals surface area contributed by atoms with Gasteiger partial charge in [-0.05, 0) is 50.6 Å². The van der Waals surface area contributed by atoms with Crippen LogP contribution in [0.4, 0.5) is 10.5 Å². The Bertz CT molecular complexity index is 364. The molecule has 0 bridgehead atoms. The number of amides is 2. The van der Waals surface area contributed by atoms with E-state index in [9.17, 15) is 4.79 Å². The number of hydrogen-bond donors (Lipinski definition) is 4. The molecule has 6 N–H and O–H groups in total. The van der Waals surface area contributed by atoms with Crippen molar-refractivity contribution in [1.29, 1.82) is 0 Å². The molecule has 2 amide bonds. The van der Waals surface area contributed by atoms with E-state index >= 15 is 0 Å². The predicted octanol–water partition coefficient (Wildman–Crippen LogP) is 1.57. The highest BCUT2D eigenvalue weighted by Crippen LogP contribution is 2.15. The van der Waals surface area contributed by atoms with Crippen molar-refractivity contribution in [2.75, 3.05) is 18.4 Å². The molecule has 0 heterocycles. The molecule has 100 valence electrons. The molecule has 5 heteroatoms. The SMILES string of the molecule is CC(NCCCCN)c1ccc(NC(N)=O)cc1. The Labute approximate surface area is 108 Å². The molecule has 0 aromatic heterocycles. The van der Waals surface area contributed by atoms with Gasteiger partial charge in [0.05, 0.1) is 0 Å². The second-order valence-electron chi connectivity index (χ2n) is 4.28. The van der Waals surface area contributed by atoms with Crippen LogP contribution in [0.15, 0.2) is 24.3 Å². The van der Waals surface area contributed by atoms with Gasteiger partial charge in [-0.2, -0.15) is 0 Å². The number of urea groups is 1. The zero-order valence-corrected chi connectivity index (χ0v) is 10.8. The van der Waals surface area contributed by atoms with E-state index in [1.54, 1.807) is 0 Å². The standard InChI is InChI=1S/C13H22N4O/c1-10(16-9-3-2-8-14)11-4-6-12(7-5-11)17-13(15)18/h4-7,10,16H,2-3,8-9,14H2,1H3,(H3,15,17,18). The molecular weight excluding hydrogens is 228 g/mol. The van der Waals surface area contributed by atoms with Crippen LogP contribution in [0, 0.1) is 0 Å². The quantitative estimate of drug-likeness (QED) is 0.553. The molecular formula is C13H22N4O. The number of anilines is 1. The first-order chi connectivity index (χ1) is 8.63. The summed E-state index contributed by atoms with van der Waals surface area (Å²) in [4.78, 5) is 10.7. The summed E-state index contributed by atoms with van der Waals surface area (Å²) in [5.41, 5.74) is 12.4. The van der Waals surface area contributed by atoms with Gasteiger partial charge in [0.2, 0.25) is 0 Å². The smallest absolute Gasteiger partial charge is 0.316 e.